The molecule has 5 heteroatoms. The number of anilines is 1. The van der Waals surface area contributed by atoms with E-state index in [1.165, 1.54) is 11.1 Å². The fourth-order valence-electron chi connectivity index (χ4n) is 3.24. The second kappa shape index (κ2) is 6.18. The zero-order valence-electron chi connectivity index (χ0n) is 14.1. The van der Waals surface area contributed by atoms with Gasteiger partial charge in [0.05, 0.1) is 5.52 Å². The molecule has 4 aromatic rings. The summed E-state index contributed by atoms with van der Waals surface area (Å²) < 4.78 is 0. The lowest BCUT2D eigenvalue weighted by molar-refractivity contribution is 0.287. The Morgan fingerprint density at radius 2 is 1.96 bits per heavy atom. The van der Waals surface area contributed by atoms with Crippen molar-refractivity contribution in [3.63, 3.8) is 0 Å². The molecule has 25 heavy (non-hydrogen) atoms. The minimum absolute atomic E-state index is 0.144. The molecule has 0 fully saturated rings. The number of nitrogen functional groups attached to an aromatic ring is 1. The van der Waals surface area contributed by atoms with Crippen molar-refractivity contribution in [2.75, 3.05) is 12.3 Å². The van der Waals surface area contributed by atoms with Gasteiger partial charge < -0.3 is 15.8 Å². The Balaban J connectivity index is 1.89. The predicted octanol–water partition coefficient (Wildman–Crippen LogP) is 3.59. The smallest absolute Gasteiger partial charge is 0.150 e. The van der Waals surface area contributed by atoms with Crippen molar-refractivity contribution in [2.45, 2.75) is 19.8 Å². The van der Waals surface area contributed by atoms with Crippen molar-refractivity contribution in [3.8, 4) is 11.1 Å². The third-order valence-electron chi connectivity index (χ3n) is 4.53. The highest BCUT2D eigenvalue weighted by atomic mass is 16.2. The molecule has 0 aliphatic carbocycles. The number of aromatic amines is 1. The predicted molar refractivity (Wildman–Crippen MR) is 101 cm³/mol. The van der Waals surface area contributed by atoms with E-state index in [2.05, 4.69) is 52.2 Å². The van der Waals surface area contributed by atoms with E-state index in [-0.39, 0.29) is 6.61 Å². The molecule has 4 rings (SSSR count). The van der Waals surface area contributed by atoms with Gasteiger partial charge in [0.2, 0.25) is 0 Å². The maximum atomic E-state index is 9.01. The Morgan fingerprint density at radius 3 is 2.76 bits per heavy atom. The topological polar surface area (TPSA) is 87.8 Å². The van der Waals surface area contributed by atoms with Crippen LogP contribution in [0.4, 0.5) is 5.82 Å². The molecule has 0 atom stereocenters. The Hall–Kier alpha value is -2.92. The van der Waals surface area contributed by atoms with Crippen molar-refractivity contribution in [2.24, 2.45) is 0 Å². The summed E-state index contributed by atoms with van der Waals surface area (Å²) in [4.78, 5) is 12.5. The molecule has 4 N–H and O–H groups in total. The van der Waals surface area contributed by atoms with Gasteiger partial charge in [-0.05, 0) is 42.2 Å². The van der Waals surface area contributed by atoms with Crippen LogP contribution in [0.25, 0.3) is 33.1 Å². The molecular weight excluding hydrogens is 312 g/mol. The zero-order chi connectivity index (χ0) is 17.4. The first-order chi connectivity index (χ1) is 12.2. The number of rotatable bonds is 4. The van der Waals surface area contributed by atoms with Gasteiger partial charge >= 0.3 is 0 Å². The second-order valence-electron chi connectivity index (χ2n) is 6.28. The van der Waals surface area contributed by atoms with Crippen LogP contribution in [-0.2, 0) is 6.42 Å². The van der Waals surface area contributed by atoms with Gasteiger partial charge in [-0.25, -0.2) is 9.97 Å². The second-order valence-corrected chi connectivity index (χ2v) is 6.28. The number of H-pyrrole nitrogens is 1. The van der Waals surface area contributed by atoms with E-state index in [0.29, 0.717) is 18.7 Å². The van der Waals surface area contributed by atoms with E-state index in [1.807, 2.05) is 12.1 Å². The molecule has 0 spiro atoms. The first-order valence-electron chi connectivity index (χ1n) is 8.42. The average Bonchev–Trinajstić information content (AvgIpc) is 3.05. The molecule has 0 aliphatic rings. The number of fused-ring (bicyclic) bond motifs is 3. The van der Waals surface area contributed by atoms with Crippen LogP contribution in [-0.4, -0.2) is 26.7 Å². The third kappa shape index (κ3) is 2.72. The van der Waals surface area contributed by atoms with E-state index in [4.69, 9.17) is 10.8 Å². The highest BCUT2D eigenvalue weighted by Gasteiger charge is 2.13. The minimum atomic E-state index is 0.144. The number of nitrogens with one attached hydrogen (secondary N) is 1. The largest absolute Gasteiger partial charge is 0.396 e. The summed E-state index contributed by atoms with van der Waals surface area (Å²) in [5.41, 5.74) is 12.1. The molecule has 5 nitrogen and oxygen atoms in total. The van der Waals surface area contributed by atoms with E-state index >= 15 is 0 Å². The summed E-state index contributed by atoms with van der Waals surface area (Å²) in [7, 11) is 0. The number of aryl methyl sites for hydroxylation is 2. The van der Waals surface area contributed by atoms with Crippen LogP contribution in [0.15, 0.2) is 42.5 Å². The van der Waals surface area contributed by atoms with Gasteiger partial charge in [0.1, 0.15) is 22.7 Å². The van der Waals surface area contributed by atoms with Crippen LogP contribution in [0, 0.1) is 6.92 Å². The Labute approximate surface area is 145 Å². The van der Waals surface area contributed by atoms with Gasteiger partial charge in [0.15, 0.2) is 0 Å². The SMILES string of the molecule is Cc1ccccc1-c1ccc2c(c1)nc(N)c1[nH]c(CCCO)nc12. The van der Waals surface area contributed by atoms with E-state index in [1.54, 1.807) is 0 Å². The summed E-state index contributed by atoms with van der Waals surface area (Å²) in [6.07, 6.45) is 1.36. The highest BCUT2D eigenvalue weighted by molar-refractivity contribution is 6.07. The van der Waals surface area contributed by atoms with Gasteiger partial charge in [-0.15, -0.1) is 0 Å². The number of aromatic nitrogens is 3. The molecule has 2 aromatic heterocycles. The molecule has 0 saturated heterocycles. The van der Waals surface area contributed by atoms with Crippen LogP contribution in [0.2, 0.25) is 0 Å². The average molecular weight is 332 g/mol. The van der Waals surface area contributed by atoms with Crippen LogP contribution in [0.1, 0.15) is 17.8 Å². The van der Waals surface area contributed by atoms with Crippen LogP contribution in [0.5, 0.6) is 0 Å². The van der Waals surface area contributed by atoms with Crippen molar-refractivity contribution < 1.29 is 5.11 Å². The quantitative estimate of drug-likeness (QED) is 0.533. The number of nitrogens with two attached hydrogens (primary N) is 1. The lowest BCUT2D eigenvalue weighted by Crippen LogP contribution is -1.94. The number of hydrogen-bond donors (Lipinski definition) is 3. The fourth-order valence-corrected chi connectivity index (χ4v) is 3.24. The standard InChI is InChI=1S/C20H20N4O/c1-12-5-2-3-6-14(12)13-8-9-15-16(11-13)22-20(21)19-18(15)23-17(24-19)7-4-10-25/h2-3,5-6,8-9,11,25H,4,7,10H2,1H3,(H2,21,22)(H,23,24). The van der Waals surface area contributed by atoms with E-state index in [9.17, 15) is 0 Å². The number of nitrogens with zero attached hydrogens (tertiary/aromatic N) is 2. The first-order valence-corrected chi connectivity index (χ1v) is 8.42. The van der Waals surface area contributed by atoms with Crippen LogP contribution in [0.3, 0.4) is 0 Å². The molecule has 0 saturated carbocycles. The first kappa shape index (κ1) is 15.6. The summed E-state index contributed by atoms with van der Waals surface area (Å²) in [6.45, 7) is 2.25. The lowest BCUT2D eigenvalue weighted by Gasteiger charge is -2.08. The van der Waals surface area contributed by atoms with Crippen LogP contribution >= 0.6 is 0 Å². The molecule has 2 heterocycles. The number of imidazole rings is 1. The molecular formula is C20H20N4O. The summed E-state index contributed by atoms with van der Waals surface area (Å²) >= 11 is 0. The summed E-state index contributed by atoms with van der Waals surface area (Å²) in [6, 6.07) is 14.5. The fraction of sp³-hybridized carbons (Fsp3) is 0.200. The number of pyridine rings is 1. The number of benzene rings is 2. The van der Waals surface area contributed by atoms with Crippen molar-refractivity contribution in [1.82, 2.24) is 15.0 Å². The van der Waals surface area contributed by atoms with Gasteiger partial charge in [-0.2, -0.15) is 0 Å². The zero-order valence-corrected chi connectivity index (χ0v) is 14.1. The molecule has 0 unspecified atom stereocenters. The molecule has 2 aromatic carbocycles. The van der Waals surface area contributed by atoms with Gasteiger partial charge in [-0.1, -0.05) is 30.3 Å². The normalized spacial score (nSPS) is 11.4. The van der Waals surface area contributed by atoms with Gasteiger partial charge in [0.25, 0.3) is 0 Å². The van der Waals surface area contributed by atoms with Crippen LogP contribution < -0.4 is 5.73 Å². The Kier molecular flexibility index (Phi) is 3.86. The maximum absolute atomic E-state index is 9.01. The number of hydrogen-bond acceptors (Lipinski definition) is 4. The molecule has 0 bridgehead atoms. The molecule has 0 amide bonds. The minimum Gasteiger partial charge on any atom is -0.396 e. The number of aliphatic hydroxyl groups is 1. The van der Waals surface area contributed by atoms with Gasteiger partial charge in [-0.3, -0.25) is 0 Å². The highest BCUT2D eigenvalue weighted by Crippen LogP contribution is 2.31. The van der Waals surface area contributed by atoms with Gasteiger partial charge in [0, 0.05) is 18.4 Å². The maximum Gasteiger partial charge on any atom is 0.150 e. The molecule has 0 radical (unpaired) electrons. The third-order valence-corrected chi connectivity index (χ3v) is 4.53. The monoisotopic (exact) mass is 332 g/mol. The Bertz CT molecular complexity index is 1070. The van der Waals surface area contributed by atoms with E-state index in [0.717, 1.165) is 33.3 Å². The van der Waals surface area contributed by atoms with Crippen molar-refractivity contribution >= 4 is 27.8 Å². The molecule has 126 valence electrons. The Morgan fingerprint density at radius 1 is 1.12 bits per heavy atom. The molecule has 0 aliphatic heterocycles. The summed E-state index contributed by atoms with van der Waals surface area (Å²) in [5.74, 6) is 1.28. The van der Waals surface area contributed by atoms with Crippen molar-refractivity contribution in [3.05, 3.63) is 53.9 Å². The number of aliphatic hydroxyl groups excluding tert-OH is 1. The lowest BCUT2D eigenvalue weighted by atomic mass is 9.99. The summed E-state index contributed by atoms with van der Waals surface area (Å²) in [5, 5.41) is 9.99. The van der Waals surface area contributed by atoms with Crippen molar-refractivity contribution in [1.29, 1.82) is 0 Å². The van der Waals surface area contributed by atoms with E-state index < -0.39 is 0 Å².